The molecule has 0 saturated heterocycles. The van der Waals surface area contributed by atoms with Gasteiger partial charge in [0.1, 0.15) is 16.8 Å². The number of aromatic nitrogens is 2. The van der Waals surface area contributed by atoms with Crippen molar-refractivity contribution >= 4 is 28.8 Å². The lowest BCUT2D eigenvalue weighted by atomic mass is 10.2. The summed E-state index contributed by atoms with van der Waals surface area (Å²) in [5.74, 6) is 1.87. The van der Waals surface area contributed by atoms with E-state index in [2.05, 4.69) is 49.0 Å². The summed E-state index contributed by atoms with van der Waals surface area (Å²) in [7, 11) is 0. The second-order valence-electron chi connectivity index (χ2n) is 5.31. The van der Waals surface area contributed by atoms with E-state index in [1.165, 1.54) is 15.3 Å². The monoisotopic (exact) mass is 309 g/mol. The highest BCUT2D eigenvalue weighted by molar-refractivity contribution is 7.12. The van der Waals surface area contributed by atoms with Crippen molar-refractivity contribution in [3.63, 3.8) is 0 Å². The largest absolute Gasteiger partial charge is 0.365 e. The average molecular weight is 310 g/mol. The molecule has 0 aliphatic rings. The van der Waals surface area contributed by atoms with Gasteiger partial charge in [-0.1, -0.05) is 25.4 Å². The first-order valence-corrected chi connectivity index (χ1v) is 7.91. The van der Waals surface area contributed by atoms with Crippen LogP contribution in [0.2, 0.25) is 5.15 Å². The number of nitrogens with zero attached hydrogens (tertiary/aromatic N) is 2. The van der Waals surface area contributed by atoms with Crippen LogP contribution in [-0.2, 0) is 6.54 Å². The van der Waals surface area contributed by atoms with Crippen molar-refractivity contribution in [1.29, 1.82) is 0 Å². The quantitative estimate of drug-likeness (QED) is 0.820. The first kappa shape index (κ1) is 15.3. The molecule has 5 heteroatoms. The number of halogens is 1. The highest BCUT2D eigenvalue weighted by Gasteiger charge is 2.12. The summed E-state index contributed by atoms with van der Waals surface area (Å²) in [6.45, 7) is 11.1. The molecule has 0 bridgehead atoms. The fraction of sp³-hybridized carbons (Fsp3) is 0.467. The minimum Gasteiger partial charge on any atom is -0.365 e. The maximum Gasteiger partial charge on any atom is 0.137 e. The van der Waals surface area contributed by atoms with Crippen molar-refractivity contribution < 1.29 is 0 Å². The van der Waals surface area contributed by atoms with Crippen molar-refractivity contribution in [2.24, 2.45) is 0 Å². The minimum atomic E-state index is 0.264. The molecule has 2 heterocycles. The molecule has 0 aliphatic carbocycles. The zero-order valence-electron chi connectivity index (χ0n) is 12.5. The van der Waals surface area contributed by atoms with E-state index in [1.807, 2.05) is 18.3 Å². The number of hydrogen-bond acceptors (Lipinski definition) is 4. The van der Waals surface area contributed by atoms with Gasteiger partial charge in [0.2, 0.25) is 0 Å². The predicted molar refractivity (Wildman–Crippen MR) is 87.0 cm³/mol. The minimum absolute atomic E-state index is 0.264. The SMILES string of the molecule is Cc1cc(CNc2nc(C(C)C)nc(Cl)c2C)sc1C. The van der Waals surface area contributed by atoms with Crippen molar-refractivity contribution in [1.82, 2.24) is 9.97 Å². The van der Waals surface area contributed by atoms with Gasteiger partial charge < -0.3 is 5.32 Å². The molecule has 0 spiro atoms. The molecule has 0 fully saturated rings. The van der Waals surface area contributed by atoms with Crippen molar-refractivity contribution in [3.8, 4) is 0 Å². The Morgan fingerprint density at radius 2 is 1.95 bits per heavy atom. The third-order valence-electron chi connectivity index (χ3n) is 3.27. The Morgan fingerprint density at radius 3 is 2.50 bits per heavy atom. The summed E-state index contributed by atoms with van der Waals surface area (Å²) in [6.07, 6.45) is 0. The lowest BCUT2D eigenvalue weighted by Crippen LogP contribution is -2.07. The lowest BCUT2D eigenvalue weighted by Gasteiger charge is -2.12. The third kappa shape index (κ3) is 3.30. The number of aryl methyl sites for hydroxylation is 2. The van der Waals surface area contributed by atoms with Gasteiger partial charge in [0, 0.05) is 21.2 Å². The Balaban J connectivity index is 2.20. The van der Waals surface area contributed by atoms with E-state index in [1.54, 1.807) is 0 Å². The summed E-state index contributed by atoms with van der Waals surface area (Å²) in [6, 6.07) is 2.22. The molecule has 0 radical (unpaired) electrons. The van der Waals surface area contributed by atoms with Gasteiger partial charge in [0.05, 0.1) is 6.54 Å². The van der Waals surface area contributed by atoms with Crippen molar-refractivity contribution in [2.75, 3.05) is 5.32 Å². The van der Waals surface area contributed by atoms with Gasteiger partial charge in [-0.15, -0.1) is 11.3 Å². The van der Waals surface area contributed by atoms with Gasteiger partial charge in [-0.2, -0.15) is 0 Å². The van der Waals surface area contributed by atoms with Crippen LogP contribution in [0.15, 0.2) is 6.07 Å². The molecule has 0 amide bonds. The number of hydrogen-bond donors (Lipinski definition) is 1. The van der Waals surface area contributed by atoms with Crippen LogP contribution in [-0.4, -0.2) is 9.97 Å². The van der Waals surface area contributed by atoms with E-state index < -0.39 is 0 Å². The van der Waals surface area contributed by atoms with E-state index in [-0.39, 0.29) is 5.92 Å². The van der Waals surface area contributed by atoms with Gasteiger partial charge in [0.25, 0.3) is 0 Å². The number of rotatable bonds is 4. The van der Waals surface area contributed by atoms with Gasteiger partial charge in [0.15, 0.2) is 0 Å². The second kappa shape index (κ2) is 6.10. The Morgan fingerprint density at radius 1 is 1.25 bits per heavy atom. The van der Waals surface area contributed by atoms with E-state index in [0.29, 0.717) is 5.15 Å². The Kier molecular flexibility index (Phi) is 4.66. The van der Waals surface area contributed by atoms with E-state index in [9.17, 15) is 0 Å². The fourth-order valence-electron chi connectivity index (χ4n) is 1.84. The van der Waals surface area contributed by atoms with Crippen LogP contribution in [0.4, 0.5) is 5.82 Å². The van der Waals surface area contributed by atoms with Crippen LogP contribution < -0.4 is 5.32 Å². The first-order chi connectivity index (χ1) is 9.38. The van der Waals surface area contributed by atoms with Crippen molar-refractivity contribution in [2.45, 2.75) is 47.1 Å². The molecule has 0 unspecified atom stereocenters. The van der Waals surface area contributed by atoms with Gasteiger partial charge >= 0.3 is 0 Å². The summed E-state index contributed by atoms with van der Waals surface area (Å²) in [4.78, 5) is 11.6. The molecule has 0 aliphatic heterocycles. The summed E-state index contributed by atoms with van der Waals surface area (Å²) in [5.41, 5.74) is 2.24. The zero-order valence-corrected chi connectivity index (χ0v) is 14.1. The summed E-state index contributed by atoms with van der Waals surface area (Å²) < 4.78 is 0. The topological polar surface area (TPSA) is 37.8 Å². The molecule has 1 N–H and O–H groups in total. The molecule has 2 rings (SSSR count). The summed E-state index contributed by atoms with van der Waals surface area (Å²) >= 11 is 8.00. The third-order valence-corrected chi connectivity index (χ3v) is 4.79. The molecule has 20 heavy (non-hydrogen) atoms. The van der Waals surface area contributed by atoms with Crippen LogP contribution >= 0.6 is 22.9 Å². The Hall–Kier alpha value is -1.13. The standard InChI is InChI=1S/C15H20ClN3S/c1-8(2)14-18-13(16)10(4)15(19-14)17-7-12-6-9(3)11(5)20-12/h6,8H,7H2,1-5H3,(H,17,18,19). The maximum absolute atomic E-state index is 6.19. The van der Waals surface area contributed by atoms with Crippen LogP contribution in [0.25, 0.3) is 0 Å². The molecule has 0 atom stereocenters. The van der Waals surface area contributed by atoms with Gasteiger partial charge in [-0.05, 0) is 32.4 Å². The number of thiophene rings is 1. The highest BCUT2D eigenvalue weighted by atomic mass is 35.5. The Bertz CT molecular complexity index is 600. The first-order valence-electron chi connectivity index (χ1n) is 6.72. The van der Waals surface area contributed by atoms with E-state index >= 15 is 0 Å². The van der Waals surface area contributed by atoms with Gasteiger partial charge in [-0.25, -0.2) is 9.97 Å². The molecule has 0 saturated carbocycles. The van der Waals surface area contributed by atoms with Gasteiger partial charge in [-0.3, -0.25) is 0 Å². The highest BCUT2D eigenvalue weighted by Crippen LogP contribution is 2.25. The smallest absolute Gasteiger partial charge is 0.137 e. The molecule has 2 aromatic rings. The predicted octanol–water partition coefficient (Wildman–Crippen LogP) is 4.85. The summed E-state index contributed by atoms with van der Waals surface area (Å²) in [5, 5.41) is 3.91. The molecule has 108 valence electrons. The fourth-order valence-corrected chi connectivity index (χ4v) is 3.01. The van der Waals surface area contributed by atoms with Crippen LogP contribution in [0.1, 0.15) is 46.5 Å². The number of anilines is 1. The normalized spacial score (nSPS) is 11.2. The number of nitrogens with one attached hydrogen (secondary N) is 1. The van der Waals surface area contributed by atoms with Crippen molar-refractivity contribution in [3.05, 3.63) is 37.9 Å². The molecular weight excluding hydrogens is 290 g/mol. The van der Waals surface area contributed by atoms with Crippen LogP contribution in [0.5, 0.6) is 0 Å². The van der Waals surface area contributed by atoms with Crippen LogP contribution in [0.3, 0.4) is 0 Å². The van der Waals surface area contributed by atoms with E-state index in [0.717, 1.165) is 23.8 Å². The maximum atomic E-state index is 6.19. The molecule has 0 aromatic carbocycles. The molecule has 3 nitrogen and oxygen atoms in total. The lowest BCUT2D eigenvalue weighted by molar-refractivity contribution is 0.771. The molecular formula is C15H20ClN3S. The second-order valence-corrected chi connectivity index (χ2v) is 7.01. The van der Waals surface area contributed by atoms with Crippen LogP contribution in [0, 0.1) is 20.8 Å². The zero-order chi connectivity index (χ0) is 14.9. The average Bonchev–Trinajstić information content (AvgIpc) is 2.70. The van der Waals surface area contributed by atoms with E-state index in [4.69, 9.17) is 11.6 Å². The Labute approximate surface area is 129 Å². The molecule has 2 aromatic heterocycles.